The van der Waals surface area contributed by atoms with Crippen molar-refractivity contribution in [3.63, 3.8) is 0 Å². The molecule has 3 nitrogen and oxygen atoms in total. The van der Waals surface area contributed by atoms with Gasteiger partial charge in [0.1, 0.15) is 0 Å². The van der Waals surface area contributed by atoms with Crippen molar-refractivity contribution < 1.29 is 4.74 Å². The maximum absolute atomic E-state index is 6.20. The molecule has 2 N–H and O–H groups in total. The van der Waals surface area contributed by atoms with E-state index in [0.717, 1.165) is 32.5 Å². The van der Waals surface area contributed by atoms with E-state index in [1.807, 2.05) is 0 Å². The van der Waals surface area contributed by atoms with Crippen LogP contribution >= 0.6 is 0 Å². The summed E-state index contributed by atoms with van der Waals surface area (Å²) in [5, 5.41) is 0. The van der Waals surface area contributed by atoms with Crippen LogP contribution in [0.3, 0.4) is 0 Å². The largest absolute Gasteiger partial charge is 0.376 e. The van der Waals surface area contributed by atoms with E-state index < -0.39 is 0 Å². The van der Waals surface area contributed by atoms with E-state index >= 15 is 0 Å². The molecule has 1 saturated heterocycles. The van der Waals surface area contributed by atoms with E-state index in [1.54, 1.807) is 0 Å². The molecule has 0 amide bonds. The number of nitrogens with two attached hydrogens (primary N) is 1. The van der Waals surface area contributed by atoms with Gasteiger partial charge in [-0.2, -0.15) is 0 Å². The molecule has 0 aromatic heterocycles. The molecule has 104 valence electrons. The van der Waals surface area contributed by atoms with Crippen LogP contribution in [0.4, 0.5) is 0 Å². The number of morpholine rings is 1. The summed E-state index contributed by atoms with van der Waals surface area (Å²) >= 11 is 0. The molecule has 2 aliphatic rings. The number of hydrogen-bond donors (Lipinski definition) is 1. The zero-order valence-electron chi connectivity index (χ0n) is 11.9. The molecule has 1 aromatic carbocycles. The second-order valence-corrected chi connectivity index (χ2v) is 6.20. The molecule has 0 radical (unpaired) electrons. The molecule has 0 bridgehead atoms. The van der Waals surface area contributed by atoms with Gasteiger partial charge in [-0.25, -0.2) is 0 Å². The predicted molar refractivity (Wildman–Crippen MR) is 77.2 cm³/mol. The van der Waals surface area contributed by atoms with E-state index in [4.69, 9.17) is 10.5 Å². The number of fused-ring (bicyclic) bond motifs is 1. The van der Waals surface area contributed by atoms with Gasteiger partial charge in [0.05, 0.1) is 12.7 Å². The Morgan fingerprint density at radius 3 is 2.47 bits per heavy atom. The Bertz CT molecular complexity index is 435. The van der Waals surface area contributed by atoms with E-state index in [2.05, 4.69) is 43.0 Å². The van der Waals surface area contributed by atoms with E-state index in [-0.39, 0.29) is 5.54 Å². The van der Waals surface area contributed by atoms with Gasteiger partial charge in [-0.15, -0.1) is 0 Å². The Labute approximate surface area is 115 Å². The summed E-state index contributed by atoms with van der Waals surface area (Å²) in [5.41, 5.74) is 9.25. The molecule has 1 aliphatic heterocycles. The maximum atomic E-state index is 6.20. The highest BCUT2D eigenvalue weighted by Crippen LogP contribution is 2.36. The van der Waals surface area contributed by atoms with Crippen molar-refractivity contribution in [3.05, 3.63) is 35.4 Å². The zero-order valence-corrected chi connectivity index (χ0v) is 11.9. The normalized spacial score (nSPS) is 30.3. The summed E-state index contributed by atoms with van der Waals surface area (Å²) in [6.45, 7) is 6.95. The molecule has 2 atom stereocenters. The van der Waals surface area contributed by atoms with Gasteiger partial charge < -0.3 is 10.5 Å². The third kappa shape index (κ3) is 2.20. The molecule has 2 unspecified atom stereocenters. The fourth-order valence-corrected chi connectivity index (χ4v) is 3.70. The van der Waals surface area contributed by atoms with Gasteiger partial charge in [0, 0.05) is 24.7 Å². The van der Waals surface area contributed by atoms with Crippen LogP contribution < -0.4 is 5.73 Å². The molecule has 3 heteroatoms. The minimum Gasteiger partial charge on any atom is -0.376 e. The fourth-order valence-electron chi connectivity index (χ4n) is 3.70. The standard InChI is InChI=1S/C16H24N2O/c1-12-10-19-13(2)9-18(12)16(11-17)7-14-5-3-4-6-15(14)8-16/h3-6,12-13H,7-11,17H2,1-2H3. The van der Waals surface area contributed by atoms with Gasteiger partial charge >= 0.3 is 0 Å². The van der Waals surface area contributed by atoms with Gasteiger partial charge in [0.2, 0.25) is 0 Å². The summed E-state index contributed by atoms with van der Waals surface area (Å²) in [5.74, 6) is 0. The van der Waals surface area contributed by atoms with Gasteiger partial charge in [-0.3, -0.25) is 4.90 Å². The minimum atomic E-state index is 0.0984. The lowest BCUT2D eigenvalue weighted by Crippen LogP contribution is -2.63. The topological polar surface area (TPSA) is 38.5 Å². The highest BCUT2D eigenvalue weighted by molar-refractivity contribution is 5.37. The molecule has 0 saturated carbocycles. The van der Waals surface area contributed by atoms with Crippen LogP contribution in [0, 0.1) is 0 Å². The highest BCUT2D eigenvalue weighted by Gasteiger charge is 2.44. The molecule has 1 aliphatic carbocycles. The highest BCUT2D eigenvalue weighted by atomic mass is 16.5. The average molecular weight is 260 g/mol. The number of nitrogens with zero attached hydrogens (tertiary/aromatic N) is 1. The lowest BCUT2D eigenvalue weighted by molar-refractivity contribution is -0.0903. The summed E-state index contributed by atoms with van der Waals surface area (Å²) < 4.78 is 5.76. The van der Waals surface area contributed by atoms with E-state index in [0.29, 0.717) is 12.1 Å². The monoisotopic (exact) mass is 260 g/mol. The zero-order chi connectivity index (χ0) is 13.5. The maximum Gasteiger partial charge on any atom is 0.0675 e. The van der Waals surface area contributed by atoms with Crippen molar-refractivity contribution in [1.29, 1.82) is 0 Å². The lowest BCUT2D eigenvalue weighted by atomic mass is 9.90. The molecular weight excluding hydrogens is 236 g/mol. The smallest absolute Gasteiger partial charge is 0.0675 e. The first-order valence-electron chi connectivity index (χ1n) is 7.30. The van der Waals surface area contributed by atoms with Crippen molar-refractivity contribution in [3.8, 4) is 0 Å². The number of rotatable bonds is 2. The van der Waals surface area contributed by atoms with Gasteiger partial charge in [-0.05, 0) is 37.8 Å². The molecule has 3 rings (SSSR count). The van der Waals surface area contributed by atoms with Crippen molar-refractivity contribution in [2.75, 3.05) is 19.7 Å². The quantitative estimate of drug-likeness (QED) is 0.877. The fraction of sp³-hybridized carbons (Fsp3) is 0.625. The van der Waals surface area contributed by atoms with E-state index in [9.17, 15) is 0 Å². The molecule has 1 heterocycles. The average Bonchev–Trinajstić information content (AvgIpc) is 2.81. The van der Waals surface area contributed by atoms with Crippen LogP contribution in [-0.4, -0.2) is 42.3 Å². The van der Waals surface area contributed by atoms with E-state index in [1.165, 1.54) is 11.1 Å². The van der Waals surface area contributed by atoms with Crippen molar-refractivity contribution in [2.24, 2.45) is 5.73 Å². The second-order valence-electron chi connectivity index (χ2n) is 6.20. The molecule has 0 spiro atoms. The van der Waals surface area contributed by atoms with Gasteiger partial charge in [0.25, 0.3) is 0 Å². The number of hydrogen-bond acceptors (Lipinski definition) is 3. The summed E-state index contributed by atoms with van der Waals surface area (Å²) in [7, 11) is 0. The van der Waals surface area contributed by atoms with Crippen molar-refractivity contribution in [1.82, 2.24) is 4.90 Å². The molecule has 1 fully saturated rings. The molecule has 1 aromatic rings. The first kappa shape index (κ1) is 13.1. The Balaban J connectivity index is 1.89. The first-order chi connectivity index (χ1) is 9.14. The summed E-state index contributed by atoms with van der Waals surface area (Å²) in [6, 6.07) is 9.23. The van der Waals surface area contributed by atoms with Crippen LogP contribution in [0.5, 0.6) is 0 Å². The number of ether oxygens (including phenoxy) is 1. The summed E-state index contributed by atoms with van der Waals surface area (Å²) in [4.78, 5) is 2.60. The van der Waals surface area contributed by atoms with Crippen LogP contribution in [0.1, 0.15) is 25.0 Å². The van der Waals surface area contributed by atoms with Gasteiger partial charge in [0.15, 0.2) is 0 Å². The Kier molecular flexibility index (Phi) is 3.37. The Morgan fingerprint density at radius 2 is 1.89 bits per heavy atom. The van der Waals surface area contributed by atoms with Crippen molar-refractivity contribution >= 4 is 0 Å². The third-order valence-electron chi connectivity index (χ3n) is 4.75. The SMILES string of the molecule is CC1CN(C2(CN)Cc3ccccc3C2)C(C)CO1. The predicted octanol–water partition coefficient (Wildman–Crippen LogP) is 1.59. The first-order valence-corrected chi connectivity index (χ1v) is 7.30. The minimum absolute atomic E-state index is 0.0984. The number of benzene rings is 1. The summed E-state index contributed by atoms with van der Waals surface area (Å²) in [6.07, 6.45) is 2.47. The van der Waals surface area contributed by atoms with Gasteiger partial charge in [-0.1, -0.05) is 24.3 Å². The lowest BCUT2D eigenvalue weighted by Gasteiger charge is -2.48. The van der Waals surface area contributed by atoms with Crippen molar-refractivity contribution in [2.45, 2.75) is 44.4 Å². The Morgan fingerprint density at radius 1 is 1.26 bits per heavy atom. The molecular formula is C16H24N2O. The third-order valence-corrected chi connectivity index (χ3v) is 4.75. The Hall–Kier alpha value is -0.900. The second kappa shape index (κ2) is 4.89. The van der Waals surface area contributed by atoms with Crippen LogP contribution in [0.15, 0.2) is 24.3 Å². The van der Waals surface area contributed by atoms with Crippen LogP contribution in [0.25, 0.3) is 0 Å². The van der Waals surface area contributed by atoms with Crippen LogP contribution in [0.2, 0.25) is 0 Å². The molecule has 19 heavy (non-hydrogen) atoms. The van der Waals surface area contributed by atoms with Crippen LogP contribution in [-0.2, 0) is 17.6 Å².